The third-order valence-corrected chi connectivity index (χ3v) is 6.17. The maximum Gasteiger partial charge on any atom is 0.255 e. The van der Waals surface area contributed by atoms with Crippen molar-refractivity contribution in [2.45, 2.75) is 52.5 Å². The van der Waals surface area contributed by atoms with Crippen molar-refractivity contribution in [3.05, 3.63) is 51.9 Å². The van der Waals surface area contributed by atoms with Crippen molar-refractivity contribution < 1.29 is 13.2 Å². The molecule has 0 saturated heterocycles. The minimum absolute atomic E-state index is 0.184. The van der Waals surface area contributed by atoms with Crippen LogP contribution in [0.2, 0.25) is 0 Å². The SMILES string of the molecule is CCCCN(Cc1cc(OC)c(C(C)(C)C)cc1-c1ccc[nH]c1=O)S(C)(=O)=O. The van der Waals surface area contributed by atoms with Crippen LogP contribution in [0.5, 0.6) is 5.75 Å². The molecule has 0 spiro atoms. The molecule has 1 aromatic carbocycles. The van der Waals surface area contributed by atoms with E-state index in [1.807, 2.05) is 19.1 Å². The number of rotatable bonds is 8. The molecule has 0 amide bonds. The lowest BCUT2D eigenvalue weighted by Crippen LogP contribution is -2.31. The average molecular weight is 421 g/mol. The standard InChI is InChI=1S/C22H32N2O4S/c1-7-8-12-24(29(6,26)27)15-16-13-20(28-5)19(22(2,3)4)14-18(16)17-10-9-11-23-21(17)25/h9-11,13-14H,7-8,12,15H2,1-6H3,(H,23,25). The maximum absolute atomic E-state index is 12.5. The first kappa shape index (κ1) is 23.2. The Balaban J connectivity index is 2.72. The number of nitrogens with one attached hydrogen (secondary N) is 1. The minimum Gasteiger partial charge on any atom is -0.496 e. The monoisotopic (exact) mass is 420 g/mol. The predicted molar refractivity (Wildman–Crippen MR) is 118 cm³/mol. The zero-order valence-corrected chi connectivity index (χ0v) is 19.0. The molecule has 0 radical (unpaired) electrons. The molecule has 2 aromatic rings. The lowest BCUT2D eigenvalue weighted by Gasteiger charge is -2.26. The van der Waals surface area contributed by atoms with Crippen molar-refractivity contribution in [2.75, 3.05) is 19.9 Å². The summed E-state index contributed by atoms with van der Waals surface area (Å²) in [6.45, 7) is 8.87. The zero-order chi connectivity index (χ0) is 21.8. The Bertz CT molecular complexity index is 1000. The van der Waals surface area contributed by atoms with Crippen LogP contribution in [0, 0.1) is 0 Å². The Labute approximate surface area is 174 Å². The fraction of sp³-hybridized carbons (Fsp3) is 0.500. The first-order valence-electron chi connectivity index (χ1n) is 9.83. The molecule has 0 aliphatic heterocycles. The number of aromatic nitrogens is 1. The number of H-pyrrole nitrogens is 1. The molecule has 29 heavy (non-hydrogen) atoms. The predicted octanol–water partition coefficient (Wildman–Crippen LogP) is 3.91. The van der Waals surface area contributed by atoms with Crippen molar-refractivity contribution in [3.63, 3.8) is 0 Å². The summed E-state index contributed by atoms with van der Waals surface area (Å²) < 4.78 is 31.8. The topological polar surface area (TPSA) is 79.5 Å². The van der Waals surface area contributed by atoms with Gasteiger partial charge in [0.05, 0.1) is 13.4 Å². The maximum atomic E-state index is 12.5. The van der Waals surface area contributed by atoms with E-state index in [2.05, 4.69) is 25.8 Å². The summed E-state index contributed by atoms with van der Waals surface area (Å²) in [6.07, 6.45) is 4.47. The van der Waals surface area contributed by atoms with Crippen molar-refractivity contribution in [3.8, 4) is 16.9 Å². The number of nitrogens with zero attached hydrogens (tertiary/aromatic N) is 1. The van der Waals surface area contributed by atoms with E-state index >= 15 is 0 Å². The van der Waals surface area contributed by atoms with Crippen LogP contribution in [0.4, 0.5) is 0 Å². The van der Waals surface area contributed by atoms with Crippen LogP contribution >= 0.6 is 0 Å². The molecule has 1 heterocycles. The smallest absolute Gasteiger partial charge is 0.255 e. The molecule has 2 rings (SSSR count). The van der Waals surface area contributed by atoms with Gasteiger partial charge in [0.1, 0.15) is 5.75 Å². The van der Waals surface area contributed by atoms with Gasteiger partial charge in [0, 0.05) is 30.4 Å². The van der Waals surface area contributed by atoms with Gasteiger partial charge in [-0.15, -0.1) is 0 Å². The van der Waals surface area contributed by atoms with E-state index in [4.69, 9.17) is 4.74 Å². The molecule has 1 N–H and O–H groups in total. The van der Waals surface area contributed by atoms with Crippen LogP contribution in [0.3, 0.4) is 0 Å². The Morgan fingerprint density at radius 1 is 1.17 bits per heavy atom. The summed E-state index contributed by atoms with van der Waals surface area (Å²) >= 11 is 0. The number of ether oxygens (including phenoxy) is 1. The second kappa shape index (κ2) is 9.13. The van der Waals surface area contributed by atoms with Gasteiger partial charge >= 0.3 is 0 Å². The number of sulfonamides is 1. The molecular weight excluding hydrogens is 388 g/mol. The quantitative estimate of drug-likeness (QED) is 0.702. The summed E-state index contributed by atoms with van der Waals surface area (Å²) in [4.78, 5) is 15.2. The molecule has 0 aliphatic rings. The van der Waals surface area contributed by atoms with Crippen LogP contribution in [-0.4, -0.2) is 37.6 Å². The van der Waals surface area contributed by atoms with E-state index < -0.39 is 10.0 Å². The van der Waals surface area contributed by atoms with E-state index in [0.717, 1.165) is 29.5 Å². The zero-order valence-electron chi connectivity index (χ0n) is 18.2. The van der Waals surface area contributed by atoms with Crippen LogP contribution in [0.15, 0.2) is 35.3 Å². The molecular formula is C22H32N2O4S. The van der Waals surface area contributed by atoms with E-state index in [1.54, 1.807) is 25.4 Å². The Hall–Kier alpha value is -2.12. The largest absolute Gasteiger partial charge is 0.496 e. The van der Waals surface area contributed by atoms with E-state index in [1.165, 1.54) is 10.6 Å². The number of unbranched alkanes of at least 4 members (excludes halogenated alkanes) is 1. The van der Waals surface area contributed by atoms with E-state index in [9.17, 15) is 13.2 Å². The second-order valence-electron chi connectivity index (χ2n) is 8.32. The summed E-state index contributed by atoms with van der Waals surface area (Å²) in [5.74, 6) is 0.688. The highest BCUT2D eigenvalue weighted by molar-refractivity contribution is 7.88. The van der Waals surface area contributed by atoms with Gasteiger partial charge in [0.2, 0.25) is 10.0 Å². The highest BCUT2D eigenvalue weighted by Crippen LogP contribution is 2.37. The second-order valence-corrected chi connectivity index (χ2v) is 10.3. The molecule has 0 saturated carbocycles. The molecule has 0 bridgehead atoms. The van der Waals surface area contributed by atoms with Crippen molar-refractivity contribution in [1.29, 1.82) is 0 Å². The molecule has 0 fully saturated rings. The molecule has 7 heteroatoms. The lowest BCUT2D eigenvalue weighted by atomic mass is 9.83. The van der Waals surface area contributed by atoms with Gasteiger partial charge in [0.25, 0.3) is 5.56 Å². The summed E-state index contributed by atoms with van der Waals surface area (Å²) in [5.41, 5.74) is 2.52. The Kier molecular flexibility index (Phi) is 7.30. The molecule has 160 valence electrons. The van der Waals surface area contributed by atoms with Crippen molar-refractivity contribution in [2.24, 2.45) is 0 Å². The van der Waals surface area contributed by atoms with E-state index in [0.29, 0.717) is 17.9 Å². The number of methoxy groups -OCH3 is 1. The number of aromatic amines is 1. The Morgan fingerprint density at radius 2 is 1.86 bits per heavy atom. The fourth-order valence-electron chi connectivity index (χ4n) is 3.28. The van der Waals surface area contributed by atoms with Crippen LogP contribution in [0.25, 0.3) is 11.1 Å². The molecule has 0 atom stereocenters. The lowest BCUT2D eigenvalue weighted by molar-refractivity contribution is 0.388. The van der Waals surface area contributed by atoms with Crippen LogP contribution < -0.4 is 10.3 Å². The molecule has 6 nitrogen and oxygen atoms in total. The third-order valence-electron chi connectivity index (χ3n) is 4.92. The Morgan fingerprint density at radius 3 is 2.38 bits per heavy atom. The van der Waals surface area contributed by atoms with Gasteiger partial charge < -0.3 is 9.72 Å². The van der Waals surface area contributed by atoms with Gasteiger partial charge in [0.15, 0.2) is 0 Å². The van der Waals surface area contributed by atoms with Gasteiger partial charge in [-0.25, -0.2) is 8.42 Å². The number of pyridine rings is 1. The van der Waals surface area contributed by atoms with Gasteiger partial charge in [-0.3, -0.25) is 4.79 Å². The third kappa shape index (κ3) is 5.70. The number of benzene rings is 1. The van der Waals surface area contributed by atoms with E-state index in [-0.39, 0.29) is 17.5 Å². The highest BCUT2D eigenvalue weighted by atomic mass is 32.2. The normalized spacial score (nSPS) is 12.4. The molecule has 0 aliphatic carbocycles. The summed E-state index contributed by atoms with van der Waals surface area (Å²) in [7, 11) is -1.79. The first-order chi connectivity index (χ1) is 13.5. The summed E-state index contributed by atoms with van der Waals surface area (Å²) in [6, 6.07) is 7.35. The first-order valence-corrected chi connectivity index (χ1v) is 11.7. The highest BCUT2D eigenvalue weighted by Gasteiger charge is 2.25. The van der Waals surface area contributed by atoms with Gasteiger partial charge in [-0.1, -0.05) is 34.1 Å². The molecule has 0 unspecified atom stereocenters. The van der Waals surface area contributed by atoms with Gasteiger partial charge in [-0.05, 0) is 47.2 Å². The van der Waals surface area contributed by atoms with Crippen molar-refractivity contribution >= 4 is 10.0 Å². The van der Waals surface area contributed by atoms with Crippen molar-refractivity contribution in [1.82, 2.24) is 9.29 Å². The number of hydrogen-bond donors (Lipinski definition) is 1. The average Bonchev–Trinajstić information content (AvgIpc) is 2.63. The number of hydrogen-bond acceptors (Lipinski definition) is 4. The van der Waals surface area contributed by atoms with Gasteiger partial charge in [-0.2, -0.15) is 4.31 Å². The van der Waals surface area contributed by atoms with Crippen LogP contribution in [0.1, 0.15) is 51.7 Å². The minimum atomic E-state index is -3.40. The summed E-state index contributed by atoms with van der Waals surface area (Å²) in [5, 5.41) is 0. The molecule has 1 aromatic heterocycles. The fourth-order valence-corrected chi connectivity index (χ4v) is 4.11. The van der Waals surface area contributed by atoms with Crippen LogP contribution in [-0.2, 0) is 22.0 Å².